The second kappa shape index (κ2) is 7.80. The lowest BCUT2D eigenvalue weighted by Crippen LogP contribution is -2.38. The molecule has 0 atom stereocenters. The molecule has 1 N–H and O–H groups in total. The number of rotatable bonds is 5. The fourth-order valence-electron chi connectivity index (χ4n) is 3.70. The topological polar surface area (TPSA) is 37.3 Å². The third-order valence-corrected chi connectivity index (χ3v) is 9.18. The number of aromatic carboxylic acids is 1. The molecule has 4 aromatic carbocycles. The van der Waals surface area contributed by atoms with Crippen molar-refractivity contribution in [3.8, 4) is 0 Å². The van der Waals surface area contributed by atoms with Crippen molar-refractivity contribution in [2.75, 3.05) is 0 Å². The molecule has 0 heterocycles. The molecular weight excluding hydrogens is 363 g/mol. The maximum Gasteiger partial charge on any atom is 0.335 e. The van der Waals surface area contributed by atoms with Gasteiger partial charge < -0.3 is 5.11 Å². The average Bonchev–Trinajstić information content (AvgIpc) is 2.77. The Hall–Kier alpha value is -3.22. The zero-order chi connectivity index (χ0) is 19.4. The van der Waals surface area contributed by atoms with Crippen LogP contribution in [0.15, 0.2) is 115 Å². The van der Waals surface area contributed by atoms with E-state index in [1.807, 2.05) is 30.3 Å². The van der Waals surface area contributed by atoms with Gasteiger partial charge in [0.25, 0.3) is 0 Å². The van der Waals surface area contributed by atoms with Crippen LogP contribution in [0.2, 0.25) is 0 Å². The largest absolute Gasteiger partial charge is 0.478 e. The Bertz CT molecular complexity index is 980. The van der Waals surface area contributed by atoms with Crippen LogP contribution in [0.25, 0.3) is 0 Å². The molecule has 0 amide bonds. The van der Waals surface area contributed by atoms with Gasteiger partial charge in [0.15, 0.2) is 0 Å². The summed E-state index contributed by atoms with van der Waals surface area (Å²) in [6.45, 7) is 0. The lowest BCUT2D eigenvalue weighted by atomic mass is 10.2. The van der Waals surface area contributed by atoms with Crippen LogP contribution in [-0.2, 0) is 0 Å². The second-order valence-electron chi connectivity index (χ2n) is 6.53. The maximum atomic E-state index is 11.7. The van der Waals surface area contributed by atoms with Gasteiger partial charge >= 0.3 is 5.97 Å². The maximum absolute atomic E-state index is 11.7. The highest BCUT2D eigenvalue weighted by Gasteiger charge is 2.47. The van der Waals surface area contributed by atoms with Crippen LogP contribution in [0, 0.1) is 0 Å². The molecule has 0 radical (unpaired) electrons. The van der Waals surface area contributed by atoms with E-state index in [2.05, 4.69) is 78.9 Å². The van der Waals surface area contributed by atoms with Crippen molar-refractivity contribution < 1.29 is 9.90 Å². The number of carboxylic acids is 1. The summed E-state index contributed by atoms with van der Waals surface area (Å²) in [5.41, 5.74) is 0.310. The van der Waals surface area contributed by atoms with Crippen LogP contribution in [0.4, 0.5) is 0 Å². The van der Waals surface area contributed by atoms with Crippen LogP contribution >= 0.6 is 7.26 Å². The van der Waals surface area contributed by atoms with Crippen LogP contribution in [0.3, 0.4) is 0 Å². The van der Waals surface area contributed by atoms with Crippen molar-refractivity contribution in [3.63, 3.8) is 0 Å². The fourth-order valence-corrected chi connectivity index (χ4v) is 7.99. The normalized spacial score (nSPS) is 11.1. The molecule has 4 rings (SSSR count). The van der Waals surface area contributed by atoms with Gasteiger partial charge in [-0.25, -0.2) is 4.79 Å². The van der Waals surface area contributed by atoms with E-state index in [4.69, 9.17) is 0 Å². The van der Waals surface area contributed by atoms with Gasteiger partial charge in [-0.1, -0.05) is 60.7 Å². The summed E-state index contributed by atoms with van der Waals surface area (Å²) in [4.78, 5) is 11.7. The Balaban J connectivity index is 2.13. The molecule has 0 aliphatic heterocycles. The highest BCUT2D eigenvalue weighted by molar-refractivity contribution is 8.01. The van der Waals surface area contributed by atoms with Gasteiger partial charge in [0.05, 0.1) is 5.56 Å². The average molecular weight is 383 g/mol. The monoisotopic (exact) mass is 383 g/mol. The second-order valence-corrected chi connectivity index (χ2v) is 9.94. The first-order valence-corrected chi connectivity index (χ1v) is 10.9. The Morgan fingerprint density at radius 1 is 0.536 bits per heavy atom. The summed E-state index contributed by atoms with van der Waals surface area (Å²) in [5, 5.41) is 14.2. The van der Waals surface area contributed by atoms with Crippen molar-refractivity contribution >= 4 is 34.4 Å². The van der Waals surface area contributed by atoms with Crippen LogP contribution in [0.1, 0.15) is 10.4 Å². The molecule has 0 bridgehead atoms. The highest BCUT2D eigenvalue weighted by Crippen LogP contribution is 2.54. The van der Waals surface area contributed by atoms with Gasteiger partial charge in [-0.3, -0.25) is 0 Å². The lowest BCUT2D eigenvalue weighted by Gasteiger charge is -2.27. The molecule has 0 fully saturated rings. The van der Waals surface area contributed by atoms with E-state index in [0.29, 0.717) is 5.56 Å². The van der Waals surface area contributed by atoms with Gasteiger partial charge in [-0.2, -0.15) is 0 Å². The van der Waals surface area contributed by atoms with Crippen LogP contribution < -0.4 is 21.2 Å². The number of hydrogen-bond acceptors (Lipinski definition) is 1. The Morgan fingerprint density at radius 2 is 0.929 bits per heavy atom. The zero-order valence-corrected chi connectivity index (χ0v) is 16.2. The van der Waals surface area contributed by atoms with Gasteiger partial charge in [0.2, 0.25) is 0 Å². The third-order valence-electron chi connectivity index (χ3n) is 4.91. The molecule has 136 valence electrons. The molecule has 3 heteroatoms. The molecule has 2 nitrogen and oxygen atoms in total. The third kappa shape index (κ3) is 3.13. The van der Waals surface area contributed by atoms with E-state index >= 15 is 0 Å². The molecule has 0 aliphatic carbocycles. The summed E-state index contributed by atoms with van der Waals surface area (Å²) in [5.74, 6) is -0.908. The number of benzene rings is 4. The van der Waals surface area contributed by atoms with Crippen molar-refractivity contribution in [2.45, 2.75) is 0 Å². The van der Waals surface area contributed by atoms with Crippen LogP contribution in [-0.4, -0.2) is 11.1 Å². The molecule has 0 saturated heterocycles. The van der Waals surface area contributed by atoms with E-state index in [1.54, 1.807) is 6.07 Å². The van der Waals surface area contributed by atoms with E-state index < -0.39 is 13.2 Å². The minimum absolute atomic E-state index is 0.310. The molecule has 0 spiro atoms. The Labute approximate surface area is 165 Å². The van der Waals surface area contributed by atoms with Crippen molar-refractivity contribution in [3.05, 3.63) is 121 Å². The van der Waals surface area contributed by atoms with Gasteiger partial charge in [-0.05, 0) is 54.6 Å². The SMILES string of the molecule is O=C(O)c1cccc([P+](c2ccccc2)(c2ccccc2)c2ccccc2)c1. The standard InChI is InChI=1S/C25H19O2P/c26-25(27)20-11-10-18-24(19-20)28(21-12-4-1-5-13-21,22-14-6-2-7-15-22)23-16-8-3-9-17-23/h1-19H/p+1. The van der Waals surface area contributed by atoms with Crippen molar-refractivity contribution in [2.24, 2.45) is 0 Å². The number of carboxylic acid groups (broad SMARTS) is 1. The Morgan fingerprint density at radius 3 is 1.32 bits per heavy atom. The van der Waals surface area contributed by atoms with Gasteiger partial charge in [0, 0.05) is 0 Å². The Kier molecular flexibility index (Phi) is 5.06. The van der Waals surface area contributed by atoms with E-state index in [0.717, 1.165) is 5.30 Å². The highest BCUT2D eigenvalue weighted by atomic mass is 31.2. The predicted molar refractivity (Wildman–Crippen MR) is 118 cm³/mol. The summed E-state index contributed by atoms with van der Waals surface area (Å²) in [6, 6.07) is 38.7. The van der Waals surface area contributed by atoms with Crippen molar-refractivity contribution in [1.29, 1.82) is 0 Å². The minimum atomic E-state index is -2.24. The summed E-state index contributed by atoms with van der Waals surface area (Å²) in [6.07, 6.45) is 0. The summed E-state index contributed by atoms with van der Waals surface area (Å²) >= 11 is 0. The smallest absolute Gasteiger partial charge is 0.335 e. The van der Waals surface area contributed by atoms with Gasteiger partial charge in [0.1, 0.15) is 28.5 Å². The molecule has 0 unspecified atom stereocenters. The van der Waals surface area contributed by atoms with Crippen molar-refractivity contribution in [1.82, 2.24) is 0 Å². The minimum Gasteiger partial charge on any atom is -0.478 e. The predicted octanol–water partition coefficient (Wildman–Crippen LogP) is 4.00. The molecular formula is C25H20O2P+. The first-order chi connectivity index (χ1) is 13.7. The first kappa shape index (κ1) is 18.2. The van der Waals surface area contributed by atoms with Gasteiger partial charge in [-0.15, -0.1) is 0 Å². The van der Waals surface area contributed by atoms with Crippen LogP contribution in [0.5, 0.6) is 0 Å². The molecule has 0 aromatic heterocycles. The number of hydrogen-bond donors (Lipinski definition) is 1. The first-order valence-electron chi connectivity index (χ1n) is 9.13. The summed E-state index contributed by atoms with van der Waals surface area (Å²) < 4.78 is 0. The quantitative estimate of drug-likeness (QED) is 0.529. The molecule has 28 heavy (non-hydrogen) atoms. The molecule has 0 saturated carbocycles. The molecule has 4 aromatic rings. The fraction of sp³-hybridized carbons (Fsp3) is 0. The zero-order valence-electron chi connectivity index (χ0n) is 15.3. The van der Waals surface area contributed by atoms with E-state index in [1.165, 1.54) is 15.9 Å². The summed E-state index contributed by atoms with van der Waals surface area (Å²) in [7, 11) is -2.24. The number of carbonyl (C=O) groups is 1. The lowest BCUT2D eigenvalue weighted by molar-refractivity contribution is 0.0697. The van der Waals surface area contributed by atoms with E-state index in [9.17, 15) is 9.90 Å². The molecule has 0 aliphatic rings. The van der Waals surface area contributed by atoms with E-state index in [-0.39, 0.29) is 0 Å².